The molecule has 0 aliphatic rings. The van der Waals surface area contributed by atoms with E-state index >= 15 is 0 Å². The van der Waals surface area contributed by atoms with Crippen LogP contribution >= 0.6 is 22.9 Å². The molecule has 0 aliphatic heterocycles. The van der Waals surface area contributed by atoms with Crippen LogP contribution in [0.1, 0.15) is 12.5 Å². The summed E-state index contributed by atoms with van der Waals surface area (Å²) in [7, 11) is 0. The number of amides is 1. The zero-order valence-corrected chi connectivity index (χ0v) is 16.3. The monoisotopic (exact) mass is 404 g/mol. The lowest BCUT2D eigenvalue weighted by molar-refractivity contribution is -0.113. The van der Waals surface area contributed by atoms with Crippen molar-refractivity contribution in [1.29, 1.82) is 0 Å². The van der Waals surface area contributed by atoms with Crippen molar-refractivity contribution in [3.05, 3.63) is 69.7 Å². The van der Waals surface area contributed by atoms with E-state index in [9.17, 15) is 9.18 Å². The normalized spacial score (nSPS) is 12.3. The van der Waals surface area contributed by atoms with E-state index in [1.807, 2.05) is 31.2 Å². The molecule has 0 aliphatic carbocycles. The number of hydrogen-bond donors (Lipinski definition) is 0. The van der Waals surface area contributed by atoms with Gasteiger partial charge in [0.1, 0.15) is 5.82 Å². The second-order valence-electron chi connectivity index (χ2n) is 5.62. The first kappa shape index (κ1) is 19.5. The molecule has 1 heterocycles. The van der Waals surface area contributed by atoms with Crippen LogP contribution in [0.2, 0.25) is 5.02 Å². The average molecular weight is 405 g/mol. The fourth-order valence-corrected chi connectivity index (χ4v) is 3.86. The number of ether oxygens (including phenoxy) is 1. The van der Waals surface area contributed by atoms with E-state index < -0.39 is 5.91 Å². The fraction of sp³-hybridized carbons (Fsp3) is 0.200. The van der Waals surface area contributed by atoms with Crippen molar-refractivity contribution in [2.24, 2.45) is 4.99 Å². The summed E-state index contributed by atoms with van der Waals surface area (Å²) >= 11 is 7.35. The number of carbonyl (C=O) groups is 1. The molecule has 0 atom stereocenters. The maximum absolute atomic E-state index is 14.3. The van der Waals surface area contributed by atoms with Crippen LogP contribution in [0.3, 0.4) is 0 Å². The SMILES string of the molecule is CCOCCn1c(=NC(=O)C=Cc2ccccc2Cl)sc2cccc(F)c21. The zero-order valence-electron chi connectivity index (χ0n) is 14.7. The fourth-order valence-electron chi connectivity index (χ4n) is 2.58. The molecule has 0 saturated heterocycles. The molecule has 0 bridgehead atoms. The second kappa shape index (κ2) is 9.08. The molecule has 4 nitrogen and oxygen atoms in total. The van der Waals surface area contributed by atoms with Gasteiger partial charge in [0.05, 0.1) is 16.8 Å². The minimum atomic E-state index is -0.438. The summed E-state index contributed by atoms with van der Waals surface area (Å²) in [4.78, 5) is 16.9. The lowest BCUT2D eigenvalue weighted by Crippen LogP contribution is -2.19. The third kappa shape index (κ3) is 4.71. The third-order valence-electron chi connectivity index (χ3n) is 3.83. The molecule has 0 saturated carbocycles. The van der Waals surface area contributed by atoms with Crippen LogP contribution in [0.15, 0.2) is 53.5 Å². The van der Waals surface area contributed by atoms with Gasteiger partial charge in [0.2, 0.25) is 0 Å². The number of halogens is 2. The maximum atomic E-state index is 14.3. The predicted octanol–water partition coefficient (Wildman–Crippen LogP) is 4.67. The predicted molar refractivity (Wildman–Crippen MR) is 107 cm³/mol. The van der Waals surface area contributed by atoms with Crippen LogP contribution in [-0.4, -0.2) is 23.7 Å². The van der Waals surface area contributed by atoms with Gasteiger partial charge in [-0.15, -0.1) is 0 Å². The molecular formula is C20H18ClFN2O2S. The van der Waals surface area contributed by atoms with Crippen LogP contribution in [0.25, 0.3) is 16.3 Å². The average Bonchev–Trinajstić information content (AvgIpc) is 3.00. The molecule has 2 aromatic carbocycles. The van der Waals surface area contributed by atoms with Gasteiger partial charge in [-0.25, -0.2) is 4.39 Å². The highest BCUT2D eigenvalue weighted by Gasteiger charge is 2.11. The highest BCUT2D eigenvalue weighted by Crippen LogP contribution is 2.20. The largest absolute Gasteiger partial charge is 0.380 e. The molecule has 7 heteroatoms. The van der Waals surface area contributed by atoms with Crippen LogP contribution in [-0.2, 0) is 16.1 Å². The number of para-hydroxylation sites is 1. The molecule has 27 heavy (non-hydrogen) atoms. The molecule has 1 amide bonds. The van der Waals surface area contributed by atoms with Crippen LogP contribution < -0.4 is 4.80 Å². The summed E-state index contributed by atoms with van der Waals surface area (Å²) in [6.07, 6.45) is 2.97. The van der Waals surface area contributed by atoms with Crippen molar-refractivity contribution in [3.63, 3.8) is 0 Å². The Bertz CT molecular complexity index is 1060. The summed E-state index contributed by atoms with van der Waals surface area (Å²) in [6.45, 7) is 3.28. The number of aromatic nitrogens is 1. The second-order valence-corrected chi connectivity index (χ2v) is 7.04. The Morgan fingerprint density at radius 3 is 2.89 bits per heavy atom. The molecule has 3 aromatic rings. The molecule has 0 radical (unpaired) electrons. The topological polar surface area (TPSA) is 43.6 Å². The summed E-state index contributed by atoms with van der Waals surface area (Å²) in [6, 6.07) is 12.1. The summed E-state index contributed by atoms with van der Waals surface area (Å²) in [5, 5.41) is 0.553. The smallest absolute Gasteiger partial charge is 0.272 e. The van der Waals surface area contributed by atoms with Gasteiger partial charge in [0.15, 0.2) is 4.80 Å². The Kier molecular flexibility index (Phi) is 6.55. The molecule has 0 N–H and O–H groups in total. The number of hydrogen-bond acceptors (Lipinski definition) is 3. The van der Waals surface area contributed by atoms with E-state index in [1.54, 1.807) is 22.8 Å². The van der Waals surface area contributed by atoms with Crippen molar-refractivity contribution in [3.8, 4) is 0 Å². The van der Waals surface area contributed by atoms with Gasteiger partial charge in [-0.1, -0.05) is 47.2 Å². The van der Waals surface area contributed by atoms with Crippen molar-refractivity contribution in [2.75, 3.05) is 13.2 Å². The van der Waals surface area contributed by atoms with Crippen molar-refractivity contribution < 1.29 is 13.9 Å². The van der Waals surface area contributed by atoms with E-state index in [-0.39, 0.29) is 5.82 Å². The Morgan fingerprint density at radius 1 is 1.30 bits per heavy atom. The molecular weight excluding hydrogens is 387 g/mol. The minimum Gasteiger partial charge on any atom is -0.380 e. The standard InChI is InChI=1S/C20H18ClFN2O2S/c1-2-26-13-12-24-19-16(22)8-5-9-17(19)27-20(24)23-18(25)11-10-14-6-3-4-7-15(14)21/h3-11H,2,12-13H2,1H3. The third-order valence-corrected chi connectivity index (χ3v) is 5.22. The van der Waals surface area contributed by atoms with Gasteiger partial charge < -0.3 is 9.30 Å². The van der Waals surface area contributed by atoms with Crippen LogP contribution in [0, 0.1) is 5.82 Å². The number of nitrogens with zero attached hydrogens (tertiary/aromatic N) is 2. The zero-order chi connectivity index (χ0) is 19.2. The molecule has 1 aromatic heterocycles. The van der Waals surface area contributed by atoms with E-state index in [2.05, 4.69) is 4.99 Å². The van der Waals surface area contributed by atoms with Gasteiger partial charge in [0, 0.05) is 24.3 Å². The molecule has 3 rings (SSSR count). The van der Waals surface area contributed by atoms with E-state index in [0.29, 0.717) is 35.1 Å². The van der Waals surface area contributed by atoms with Gasteiger partial charge in [-0.3, -0.25) is 4.79 Å². The summed E-state index contributed by atoms with van der Waals surface area (Å²) < 4.78 is 22.1. The molecule has 0 fully saturated rings. The van der Waals surface area contributed by atoms with Gasteiger partial charge in [0.25, 0.3) is 5.91 Å². The Morgan fingerprint density at radius 2 is 2.11 bits per heavy atom. The highest BCUT2D eigenvalue weighted by atomic mass is 35.5. The number of rotatable bonds is 6. The highest BCUT2D eigenvalue weighted by molar-refractivity contribution is 7.16. The quantitative estimate of drug-likeness (QED) is 0.442. The Hall–Kier alpha value is -2.28. The lowest BCUT2D eigenvalue weighted by atomic mass is 10.2. The molecule has 0 unspecified atom stereocenters. The first-order valence-electron chi connectivity index (χ1n) is 8.47. The minimum absolute atomic E-state index is 0.347. The molecule has 140 valence electrons. The van der Waals surface area contributed by atoms with E-state index in [0.717, 1.165) is 10.3 Å². The van der Waals surface area contributed by atoms with Crippen molar-refractivity contribution >= 4 is 45.1 Å². The Labute approximate surface area is 165 Å². The number of carbonyl (C=O) groups excluding carboxylic acids is 1. The van der Waals surface area contributed by atoms with E-state index in [1.165, 1.54) is 23.5 Å². The van der Waals surface area contributed by atoms with Crippen LogP contribution in [0.5, 0.6) is 0 Å². The van der Waals surface area contributed by atoms with Gasteiger partial charge in [-0.2, -0.15) is 4.99 Å². The Balaban J connectivity index is 1.96. The van der Waals surface area contributed by atoms with Crippen molar-refractivity contribution in [1.82, 2.24) is 4.57 Å². The number of fused-ring (bicyclic) bond motifs is 1. The van der Waals surface area contributed by atoms with Gasteiger partial charge in [-0.05, 0) is 36.8 Å². The first-order chi connectivity index (χ1) is 13.1. The summed E-state index contributed by atoms with van der Waals surface area (Å²) in [5.41, 5.74) is 1.16. The number of benzene rings is 2. The van der Waals surface area contributed by atoms with Crippen molar-refractivity contribution in [2.45, 2.75) is 13.5 Å². The van der Waals surface area contributed by atoms with Crippen LogP contribution in [0.4, 0.5) is 4.39 Å². The first-order valence-corrected chi connectivity index (χ1v) is 9.66. The lowest BCUT2D eigenvalue weighted by Gasteiger charge is -2.05. The van der Waals surface area contributed by atoms with E-state index in [4.69, 9.17) is 16.3 Å². The number of thiazole rings is 1. The molecule has 0 spiro atoms. The summed E-state index contributed by atoms with van der Waals surface area (Å²) in [5.74, 6) is -0.784. The van der Waals surface area contributed by atoms with Gasteiger partial charge >= 0.3 is 0 Å². The maximum Gasteiger partial charge on any atom is 0.272 e.